The molecule has 0 fully saturated rings. The number of nitrogens with zero attached hydrogens (tertiary/aromatic N) is 2. The molecule has 4 aromatic carbocycles. The van der Waals surface area contributed by atoms with Crippen LogP contribution in [-0.4, -0.2) is 44.3 Å². The van der Waals surface area contributed by atoms with Crippen molar-refractivity contribution in [2.45, 2.75) is 37.8 Å². The molecule has 1 N–H and O–H groups in total. The fraction of sp³-hybridized carbons (Fsp3) is 0.235. The lowest BCUT2D eigenvalue weighted by atomic mass is 10.0. The standard InChI is InChI=1S/C34H35Cl2N3O4S/c1-25(2)22-37-34(41)32(21-26-10-5-3-6-11-26)38(23-27-12-9-13-29(36)20-27)33(40)24-39(30-18-16-28(35)17-19-30)44(42,43)31-14-7-4-8-15-31/h3-20,25,32H,21-24H2,1-2H3,(H,37,41)/t32-/m0/s1. The lowest BCUT2D eigenvalue weighted by Crippen LogP contribution is -2.53. The first-order valence-corrected chi connectivity index (χ1v) is 16.4. The number of amides is 2. The smallest absolute Gasteiger partial charge is 0.264 e. The molecule has 0 saturated carbocycles. The molecule has 4 rings (SSSR count). The van der Waals surface area contributed by atoms with Crippen molar-refractivity contribution in [2.75, 3.05) is 17.4 Å². The van der Waals surface area contributed by atoms with Crippen molar-refractivity contribution in [1.82, 2.24) is 10.2 Å². The van der Waals surface area contributed by atoms with Crippen molar-refractivity contribution < 1.29 is 18.0 Å². The van der Waals surface area contributed by atoms with Crippen molar-refractivity contribution >= 4 is 50.7 Å². The number of nitrogens with one attached hydrogen (secondary N) is 1. The van der Waals surface area contributed by atoms with E-state index in [1.54, 1.807) is 60.7 Å². The van der Waals surface area contributed by atoms with E-state index in [4.69, 9.17) is 23.2 Å². The Morgan fingerprint density at radius 3 is 2.00 bits per heavy atom. The molecule has 230 valence electrons. The van der Waals surface area contributed by atoms with Gasteiger partial charge in [-0.1, -0.05) is 97.7 Å². The molecule has 0 heterocycles. The van der Waals surface area contributed by atoms with Gasteiger partial charge in [0.25, 0.3) is 10.0 Å². The average Bonchev–Trinajstić information content (AvgIpc) is 3.01. The molecule has 0 bridgehead atoms. The second-order valence-electron chi connectivity index (χ2n) is 10.8. The minimum absolute atomic E-state index is 0.0275. The predicted molar refractivity (Wildman–Crippen MR) is 176 cm³/mol. The number of carbonyl (C=O) groups is 2. The van der Waals surface area contributed by atoms with Crippen LogP contribution in [0.2, 0.25) is 10.0 Å². The summed E-state index contributed by atoms with van der Waals surface area (Å²) in [5, 5.41) is 3.88. The van der Waals surface area contributed by atoms with Gasteiger partial charge in [-0.15, -0.1) is 0 Å². The van der Waals surface area contributed by atoms with E-state index in [0.29, 0.717) is 22.2 Å². The zero-order chi connectivity index (χ0) is 31.7. The van der Waals surface area contributed by atoms with Gasteiger partial charge in [-0.2, -0.15) is 0 Å². The Labute approximate surface area is 269 Å². The van der Waals surface area contributed by atoms with Crippen LogP contribution in [0.15, 0.2) is 114 Å². The van der Waals surface area contributed by atoms with Crippen molar-refractivity contribution in [3.8, 4) is 0 Å². The summed E-state index contributed by atoms with van der Waals surface area (Å²) in [6, 6.07) is 29.6. The summed E-state index contributed by atoms with van der Waals surface area (Å²) in [4.78, 5) is 29.7. The number of hydrogen-bond acceptors (Lipinski definition) is 4. The first-order chi connectivity index (χ1) is 21.0. The number of carbonyl (C=O) groups excluding carboxylic acids is 2. The molecule has 10 heteroatoms. The zero-order valence-corrected chi connectivity index (χ0v) is 26.9. The van der Waals surface area contributed by atoms with Crippen LogP contribution in [0.4, 0.5) is 5.69 Å². The summed E-state index contributed by atoms with van der Waals surface area (Å²) < 4.78 is 29.0. The number of halogens is 2. The quantitative estimate of drug-likeness (QED) is 0.176. The first-order valence-electron chi connectivity index (χ1n) is 14.2. The monoisotopic (exact) mass is 651 g/mol. The Hall–Kier alpha value is -3.85. The van der Waals surface area contributed by atoms with Gasteiger partial charge in [-0.25, -0.2) is 8.42 Å². The number of hydrogen-bond donors (Lipinski definition) is 1. The highest BCUT2D eigenvalue weighted by molar-refractivity contribution is 7.92. The molecule has 44 heavy (non-hydrogen) atoms. The molecular formula is C34H35Cl2N3O4S. The zero-order valence-electron chi connectivity index (χ0n) is 24.6. The SMILES string of the molecule is CC(C)CNC(=O)[C@H](Cc1ccccc1)N(Cc1cccc(Cl)c1)C(=O)CN(c1ccc(Cl)cc1)S(=O)(=O)c1ccccc1. The van der Waals surface area contributed by atoms with Crippen LogP contribution in [0.3, 0.4) is 0 Å². The second-order valence-corrected chi connectivity index (χ2v) is 13.5. The maximum atomic E-state index is 14.4. The fourth-order valence-electron chi connectivity index (χ4n) is 4.66. The Kier molecular flexibility index (Phi) is 11.4. The Bertz CT molecular complexity index is 1650. The van der Waals surface area contributed by atoms with E-state index < -0.39 is 28.5 Å². The van der Waals surface area contributed by atoms with Crippen molar-refractivity contribution in [1.29, 1.82) is 0 Å². The van der Waals surface area contributed by atoms with E-state index in [1.165, 1.54) is 17.0 Å². The summed E-state index contributed by atoms with van der Waals surface area (Å²) in [7, 11) is -4.18. The Morgan fingerprint density at radius 2 is 1.39 bits per heavy atom. The van der Waals surface area contributed by atoms with Gasteiger partial charge in [0.15, 0.2) is 0 Å². The van der Waals surface area contributed by atoms with Crippen LogP contribution < -0.4 is 9.62 Å². The number of anilines is 1. The summed E-state index contributed by atoms with van der Waals surface area (Å²) in [5.74, 6) is -0.702. The van der Waals surface area contributed by atoms with Gasteiger partial charge < -0.3 is 10.2 Å². The van der Waals surface area contributed by atoms with E-state index in [1.807, 2.05) is 50.2 Å². The molecule has 0 aliphatic heterocycles. The van der Waals surface area contributed by atoms with Gasteiger partial charge in [-0.3, -0.25) is 13.9 Å². The van der Waals surface area contributed by atoms with Crippen molar-refractivity contribution in [3.63, 3.8) is 0 Å². The summed E-state index contributed by atoms with van der Waals surface area (Å²) in [6.45, 7) is 3.87. The maximum Gasteiger partial charge on any atom is 0.264 e. The van der Waals surface area contributed by atoms with Gasteiger partial charge >= 0.3 is 0 Å². The summed E-state index contributed by atoms with van der Waals surface area (Å²) in [5.41, 5.74) is 1.82. The Balaban J connectivity index is 1.79. The first kappa shape index (κ1) is 33.1. The van der Waals surface area contributed by atoms with Crippen LogP contribution in [0.5, 0.6) is 0 Å². The third kappa shape index (κ3) is 8.85. The topological polar surface area (TPSA) is 86.8 Å². The molecule has 0 spiro atoms. The van der Waals surface area contributed by atoms with Gasteiger partial charge in [0, 0.05) is 29.6 Å². The van der Waals surface area contributed by atoms with Gasteiger partial charge in [0.2, 0.25) is 11.8 Å². The molecule has 7 nitrogen and oxygen atoms in total. The van der Waals surface area contributed by atoms with E-state index in [9.17, 15) is 18.0 Å². The van der Waals surface area contributed by atoms with Crippen molar-refractivity contribution in [3.05, 3.63) is 130 Å². The Morgan fingerprint density at radius 1 is 0.773 bits per heavy atom. The molecule has 0 saturated heterocycles. The van der Waals surface area contributed by atoms with E-state index in [2.05, 4.69) is 5.32 Å². The highest BCUT2D eigenvalue weighted by Gasteiger charge is 2.34. The van der Waals surface area contributed by atoms with Crippen LogP contribution in [0, 0.1) is 5.92 Å². The number of sulfonamides is 1. The highest BCUT2D eigenvalue weighted by atomic mass is 35.5. The summed E-state index contributed by atoms with van der Waals surface area (Å²) >= 11 is 12.4. The molecule has 1 atom stereocenters. The molecule has 0 aliphatic carbocycles. The van der Waals surface area contributed by atoms with Crippen LogP contribution in [-0.2, 0) is 32.6 Å². The van der Waals surface area contributed by atoms with E-state index in [0.717, 1.165) is 9.87 Å². The van der Waals surface area contributed by atoms with Gasteiger partial charge in [0.05, 0.1) is 10.6 Å². The lowest BCUT2D eigenvalue weighted by Gasteiger charge is -2.34. The third-order valence-corrected chi connectivity index (χ3v) is 9.20. The predicted octanol–water partition coefficient (Wildman–Crippen LogP) is 6.60. The molecule has 0 aliphatic rings. The molecule has 4 aromatic rings. The van der Waals surface area contributed by atoms with Gasteiger partial charge in [-0.05, 0) is 65.6 Å². The molecule has 0 unspecified atom stereocenters. The summed E-state index contributed by atoms with van der Waals surface area (Å²) in [6.07, 6.45) is 0.226. The minimum Gasteiger partial charge on any atom is -0.354 e. The molecule has 0 radical (unpaired) electrons. The molecule has 0 aromatic heterocycles. The van der Waals surface area contributed by atoms with Crippen LogP contribution >= 0.6 is 23.2 Å². The van der Waals surface area contributed by atoms with E-state index in [-0.39, 0.29) is 35.4 Å². The van der Waals surface area contributed by atoms with Crippen LogP contribution in [0.1, 0.15) is 25.0 Å². The maximum absolute atomic E-state index is 14.4. The minimum atomic E-state index is -4.18. The largest absolute Gasteiger partial charge is 0.354 e. The normalized spacial score (nSPS) is 12.0. The number of benzene rings is 4. The average molecular weight is 653 g/mol. The van der Waals surface area contributed by atoms with Crippen molar-refractivity contribution in [2.24, 2.45) is 5.92 Å². The lowest BCUT2D eigenvalue weighted by molar-refractivity contribution is -0.140. The number of rotatable bonds is 13. The highest BCUT2D eigenvalue weighted by Crippen LogP contribution is 2.26. The van der Waals surface area contributed by atoms with Crippen LogP contribution in [0.25, 0.3) is 0 Å². The van der Waals surface area contributed by atoms with Gasteiger partial charge in [0.1, 0.15) is 12.6 Å². The fourth-order valence-corrected chi connectivity index (χ4v) is 6.44. The molecular weight excluding hydrogens is 617 g/mol. The third-order valence-electron chi connectivity index (χ3n) is 6.92. The second kappa shape index (κ2) is 15.2. The molecule has 2 amide bonds. The van der Waals surface area contributed by atoms with E-state index >= 15 is 0 Å².